The molecule has 0 aliphatic heterocycles. The second-order valence-electron chi connectivity index (χ2n) is 8.16. The number of fused-ring (bicyclic) bond motifs is 2. The molecule has 0 radical (unpaired) electrons. The van der Waals surface area contributed by atoms with Crippen LogP contribution in [0.4, 0.5) is 5.69 Å². The highest BCUT2D eigenvalue weighted by Gasteiger charge is 2.40. The summed E-state index contributed by atoms with van der Waals surface area (Å²) in [6.07, 6.45) is 4.71. The number of hydrogen-bond donors (Lipinski definition) is 2. The van der Waals surface area contributed by atoms with Crippen molar-refractivity contribution in [3.05, 3.63) is 59.2 Å². The normalized spacial score (nSPS) is 23.6. The Hall–Kier alpha value is -2.34. The molecule has 4 rings (SSSR count). The van der Waals surface area contributed by atoms with Crippen LogP contribution in [0.3, 0.4) is 0 Å². The van der Waals surface area contributed by atoms with Gasteiger partial charge in [-0.15, -0.1) is 0 Å². The van der Waals surface area contributed by atoms with Gasteiger partial charge in [0.05, 0.1) is 10.6 Å². The molecule has 0 heterocycles. The van der Waals surface area contributed by atoms with Gasteiger partial charge in [0.1, 0.15) is 0 Å². The number of anilines is 1. The Morgan fingerprint density at radius 3 is 2.46 bits per heavy atom. The van der Waals surface area contributed by atoms with Gasteiger partial charge in [0, 0.05) is 11.6 Å². The fraction of sp³-hybridized carbons (Fsp3) is 0.409. The van der Waals surface area contributed by atoms with Gasteiger partial charge in [-0.2, -0.15) is 0 Å². The topological polar surface area (TPSA) is 75.3 Å². The molecule has 0 unspecified atom stereocenters. The SMILES string of the molecule is Cc1ccccc1NS(=O)(=O)c1cc(C(=O)N[C@@H]2C[C@H]3CC[C@H]2C3)ccc1C. The van der Waals surface area contributed by atoms with Crippen molar-refractivity contribution in [2.24, 2.45) is 11.8 Å². The van der Waals surface area contributed by atoms with Crippen molar-refractivity contribution in [3.8, 4) is 0 Å². The molecule has 0 spiro atoms. The lowest BCUT2D eigenvalue weighted by molar-refractivity contribution is 0.0922. The molecule has 2 bridgehead atoms. The number of aryl methyl sites for hydroxylation is 2. The van der Waals surface area contributed by atoms with Gasteiger partial charge in [-0.05, 0) is 74.3 Å². The van der Waals surface area contributed by atoms with Crippen molar-refractivity contribution >= 4 is 21.6 Å². The van der Waals surface area contributed by atoms with Crippen LogP contribution < -0.4 is 10.0 Å². The lowest BCUT2D eigenvalue weighted by Crippen LogP contribution is -2.38. The maximum atomic E-state index is 13.0. The fourth-order valence-electron chi connectivity index (χ4n) is 4.59. The van der Waals surface area contributed by atoms with E-state index in [0.29, 0.717) is 22.7 Å². The molecule has 0 saturated heterocycles. The van der Waals surface area contributed by atoms with Crippen LogP contribution in [0, 0.1) is 25.7 Å². The van der Waals surface area contributed by atoms with Gasteiger partial charge in [0.25, 0.3) is 15.9 Å². The van der Waals surface area contributed by atoms with Crippen molar-refractivity contribution in [2.75, 3.05) is 4.72 Å². The zero-order valence-electron chi connectivity index (χ0n) is 16.2. The molecule has 2 saturated carbocycles. The van der Waals surface area contributed by atoms with Crippen LogP contribution >= 0.6 is 0 Å². The summed E-state index contributed by atoms with van der Waals surface area (Å²) in [6.45, 7) is 3.59. The molecule has 1 amide bonds. The summed E-state index contributed by atoms with van der Waals surface area (Å²) in [6, 6.07) is 12.3. The van der Waals surface area contributed by atoms with Gasteiger partial charge < -0.3 is 5.32 Å². The first-order valence-corrected chi connectivity index (χ1v) is 11.3. The summed E-state index contributed by atoms with van der Waals surface area (Å²) >= 11 is 0. The molecule has 28 heavy (non-hydrogen) atoms. The van der Waals surface area contributed by atoms with Crippen LogP contribution in [-0.4, -0.2) is 20.4 Å². The first kappa shape index (κ1) is 19.0. The van der Waals surface area contributed by atoms with E-state index in [4.69, 9.17) is 0 Å². The molecule has 2 aromatic carbocycles. The summed E-state index contributed by atoms with van der Waals surface area (Å²) in [5.41, 5.74) is 2.38. The van der Waals surface area contributed by atoms with Gasteiger partial charge in [0.15, 0.2) is 0 Å². The number of nitrogens with one attached hydrogen (secondary N) is 2. The quantitative estimate of drug-likeness (QED) is 0.799. The highest BCUT2D eigenvalue weighted by molar-refractivity contribution is 7.92. The van der Waals surface area contributed by atoms with Crippen molar-refractivity contribution in [1.29, 1.82) is 0 Å². The number of carbonyl (C=O) groups is 1. The maximum Gasteiger partial charge on any atom is 0.262 e. The molecule has 2 aromatic rings. The summed E-state index contributed by atoms with van der Waals surface area (Å²) in [5.74, 6) is 1.12. The highest BCUT2D eigenvalue weighted by atomic mass is 32.2. The fourth-order valence-corrected chi connectivity index (χ4v) is 5.99. The third kappa shape index (κ3) is 3.65. The third-order valence-corrected chi connectivity index (χ3v) is 7.69. The van der Waals surface area contributed by atoms with E-state index in [1.54, 1.807) is 31.2 Å². The largest absolute Gasteiger partial charge is 0.349 e. The van der Waals surface area contributed by atoms with Gasteiger partial charge in [-0.1, -0.05) is 30.7 Å². The van der Waals surface area contributed by atoms with Crippen molar-refractivity contribution in [1.82, 2.24) is 5.32 Å². The van der Waals surface area contributed by atoms with E-state index >= 15 is 0 Å². The van der Waals surface area contributed by atoms with Crippen LogP contribution in [0.5, 0.6) is 0 Å². The van der Waals surface area contributed by atoms with Crippen molar-refractivity contribution in [3.63, 3.8) is 0 Å². The zero-order chi connectivity index (χ0) is 19.9. The number of benzene rings is 2. The number of sulfonamides is 1. The van der Waals surface area contributed by atoms with E-state index < -0.39 is 10.0 Å². The number of para-hydroxylation sites is 1. The lowest BCUT2D eigenvalue weighted by atomic mass is 9.95. The predicted octanol–water partition coefficient (Wildman–Crippen LogP) is 4.02. The van der Waals surface area contributed by atoms with Crippen LogP contribution in [0.25, 0.3) is 0 Å². The second-order valence-corrected chi connectivity index (χ2v) is 9.81. The minimum Gasteiger partial charge on any atom is -0.349 e. The molecular weight excluding hydrogens is 372 g/mol. The van der Waals surface area contributed by atoms with Gasteiger partial charge in [-0.3, -0.25) is 9.52 Å². The molecule has 5 nitrogen and oxygen atoms in total. The minimum atomic E-state index is -3.79. The van der Waals surface area contributed by atoms with E-state index in [2.05, 4.69) is 10.0 Å². The van der Waals surface area contributed by atoms with E-state index in [0.717, 1.165) is 17.9 Å². The molecule has 3 atom stereocenters. The van der Waals surface area contributed by atoms with Gasteiger partial charge in [0.2, 0.25) is 0 Å². The molecule has 2 N–H and O–H groups in total. The number of hydrogen-bond acceptors (Lipinski definition) is 3. The minimum absolute atomic E-state index is 0.136. The highest BCUT2D eigenvalue weighted by Crippen LogP contribution is 2.44. The molecule has 6 heteroatoms. The molecule has 2 fully saturated rings. The van der Waals surface area contributed by atoms with E-state index in [1.165, 1.54) is 25.3 Å². The molecule has 2 aliphatic rings. The molecule has 0 aromatic heterocycles. The summed E-state index contributed by atoms with van der Waals surface area (Å²) in [5, 5.41) is 3.13. The first-order valence-electron chi connectivity index (χ1n) is 9.83. The van der Waals surface area contributed by atoms with Crippen molar-refractivity contribution in [2.45, 2.75) is 50.5 Å². The van der Waals surface area contributed by atoms with Gasteiger partial charge in [-0.25, -0.2) is 8.42 Å². The monoisotopic (exact) mass is 398 g/mol. The Balaban J connectivity index is 1.56. The molecular formula is C22H26N2O3S. The predicted molar refractivity (Wildman–Crippen MR) is 110 cm³/mol. The van der Waals surface area contributed by atoms with E-state index in [-0.39, 0.29) is 16.8 Å². The Morgan fingerprint density at radius 2 is 1.79 bits per heavy atom. The Kier molecular flexibility index (Phi) is 4.91. The Labute approximate surface area is 166 Å². The number of rotatable bonds is 5. The lowest BCUT2D eigenvalue weighted by Gasteiger charge is -2.23. The third-order valence-electron chi connectivity index (χ3n) is 6.18. The van der Waals surface area contributed by atoms with Crippen LogP contribution in [0.2, 0.25) is 0 Å². The van der Waals surface area contributed by atoms with Crippen LogP contribution in [-0.2, 0) is 10.0 Å². The van der Waals surface area contributed by atoms with Gasteiger partial charge >= 0.3 is 0 Å². The number of amides is 1. The smallest absolute Gasteiger partial charge is 0.262 e. The standard InChI is InChI=1S/C22H26N2O3S/c1-14-5-3-4-6-19(14)24-28(26,27)21-13-18(9-7-15(21)2)22(25)23-20-12-16-8-10-17(20)11-16/h3-7,9,13,16-17,20,24H,8,10-12H2,1-2H3,(H,23,25)/t16-,17-,20+/m0/s1. The first-order chi connectivity index (χ1) is 13.3. The molecule has 2 aliphatic carbocycles. The Morgan fingerprint density at radius 1 is 1.00 bits per heavy atom. The zero-order valence-corrected chi connectivity index (χ0v) is 17.1. The van der Waals surface area contributed by atoms with Crippen LogP contribution in [0.1, 0.15) is 47.2 Å². The van der Waals surface area contributed by atoms with Crippen molar-refractivity contribution < 1.29 is 13.2 Å². The average molecular weight is 399 g/mol. The van der Waals surface area contributed by atoms with E-state index in [9.17, 15) is 13.2 Å². The number of carbonyl (C=O) groups excluding carboxylic acids is 1. The summed E-state index contributed by atoms with van der Waals surface area (Å²) < 4.78 is 28.6. The van der Waals surface area contributed by atoms with E-state index in [1.807, 2.05) is 19.1 Å². The molecule has 148 valence electrons. The average Bonchev–Trinajstić information content (AvgIpc) is 3.26. The van der Waals surface area contributed by atoms with Crippen LogP contribution in [0.15, 0.2) is 47.4 Å². The summed E-state index contributed by atoms with van der Waals surface area (Å²) in [7, 11) is -3.79. The second kappa shape index (κ2) is 7.24. The Bertz CT molecular complexity index is 1020. The maximum absolute atomic E-state index is 13.0. The summed E-state index contributed by atoms with van der Waals surface area (Å²) in [4.78, 5) is 12.9.